The summed E-state index contributed by atoms with van der Waals surface area (Å²) < 4.78 is 0. The van der Waals surface area contributed by atoms with Gasteiger partial charge in [0.05, 0.1) is 6.61 Å². The van der Waals surface area contributed by atoms with Gasteiger partial charge >= 0.3 is 0 Å². The first-order valence-electron chi connectivity index (χ1n) is 7.11. The average molecular weight is 247 g/mol. The number of rotatable bonds is 4. The molecule has 2 rings (SSSR count). The van der Waals surface area contributed by atoms with E-state index in [0.717, 1.165) is 23.9 Å². The summed E-state index contributed by atoms with van der Waals surface area (Å²) in [6.45, 7) is 5.76. The second kappa shape index (κ2) is 6.35. The van der Waals surface area contributed by atoms with Crippen molar-refractivity contribution in [1.29, 1.82) is 0 Å². The normalized spacial score (nSPS) is 28.3. The second-order valence-electron chi connectivity index (χ2n) is 5.86. The van der Waals surface area contributed by atoms with Crippen LogP contribution in [0, 0.1) is 11.8 Å². The zero-order valence-corrected chi connectivity index (χ0v) is 11.5. The van der Waals surface area contributed by atoms with Crippen molar-refractivity contribution < 1.29 is 5.11 Å². The molecule has 1 aromatic rings. The summed E-state index contributed by atoms with van der Waals surface area (Å²) >= 11 is 0. The molecule has 18 heavy (non-hydrogen) atoms. The maximum absolute atomic E-state index is 9.13. The molecule has 0 aliphatic heterocycles. The van der Waals surface area contributed by atoms with Crippen molar-refractivity contribution in [2.24, 2.45) is 11.8 Å². The molecule has 1 aliphatic rings. The van der Waals surface area contributed by atoms with Crippen molar-refractivity contribution in [1.82, 2.24) is 5.32 Å². The largest absolute Gasteiger partial charge is 0.392 e. The number of aliphatic hydroxyl groups excluding tert-OH is 1. The van der Waals surface area contributed by atoms with Gasteiger partial charge in [-0.2, -0.15) is 0 Å². The van der Waals surface area contributed by atoms with Crippen molar-refractivity contribution in [3.63, 3.8) is 0 Å². The molecule has 3 unspecified atom stereocenters. The summed E-state index contributed by atoms with van der Waals surface area (Å²) in [5.41, 5.74) is 2.27. The summed E-state index contributed by atoms with van der Waals surface area (Å²) in [7, 11) is 0. The highest BCUT2D eigenvalue weighted by molar-refractivity contribution is 5.22. The standard InChI is InChI=1S/C16H25NO/c1-12-6-7-16(13(2)8-12)17-10-14-4-3-5-15(9-14)11-18/h3-5,9,12-13,16-18H,6-8,10-11H2,1-2H3. The number of hydrogen-bond donors (Lipinski definition) is 2. The lowest BCUT2D eigenvalue weighted by atomic mass is 9.80. The van der Waals surface area contributed by atoms with Crippen LogP contribution in [0.5, 0.6) is 0 Å². The summed E-state index contributed by atoms with van der Waals surface area (Å²) in [6, 6.07) is 8.85. The van der Waals surface area contributed by atoms with Crippen LogP contribution < -0.4 is 5.32 Å². The van der Waals surface area contributed by atoms with Gasteiger partial charge in [0.2, 0.25) is 0 Å². The van der Waals surface area contributed by atoms with Crippen LogP contribution in [0.4, 0.5) is 0 Å². The average Bonchev–Trinajstić information content (AvgIpc) is 2.38. The minimum atomic E-state index is 0.130. The maximum Gasteiger partial charge on any atom is 0.0681 e. The third-order valence-corrected chi connectivity index (χ3v) is 4.17. The van der Waals surface area contributed by atoms with Gasteiger partial charge in [-0.25, -0.2) is 0 Å². The van der Waals surface area contributed by atoms with E-state index in [9.17, 15) is 0 Å². The van der Waals surface area contributed by atoms with Crippen molar-refractivity contribution in [3.05, 3.63) is 35.4 Å². The first-order chi connectivity index (χ1) is 8.69. The van der Waals surface area contributed by atoms with E-state index in [1.165, 1.54) is 24.8 Å². The fourth-order valence-electron chi connectivity index (χ4n) is 3.06. The quantitative estimate of drug-likeness (QED) is 0.857. The molecular formula is C16H25NO. The summed E-state index contributed by atoms with van der Waals surface area (Å²) in [6.07, 6.45) is 3.98. The van der Waals surface area contributed by atoms with Gasteiger partial charge in [0.1, 0.15) is 0 Å². The third-order valence-electron chi connectivity index (χ3n) is 4.17. The van der Waals surface area contributed by atoms with Crippen LogP contribution in [0.25, 0.3) is 0 Å². The van der Waals surface area contributed by atoms with Gasteiger partial charge in [-0.1, -0.05) is 38.1 Å². The molecule has 1 saturated carbocycles. The molecular weight excluding hydrogens is 222 g/mol. The first kappa shape index (κ1) is 13.6. The molecule has 3 atom stereocenters. The summed E-state index contributed by atoms with van der Waals surface area (Å²) in [4.78, 5) is 0. The molecule has 0 bridgehead atoms. The predicted molar refractivity (Wildman–Crippen MR) is 75.2 cm³/mol. The molecule has 100 valence electrons. The Morgan fingerprint density at radius 3 is 2.72 bits per heavy atom. The highest BCUT2D eigenvalue weighted by atomic mass is 16.3. The zero-order valence-electron chi connectivity index (χ0n) is 11.5. The Bertz CT molecular complexity index is 377. The zero-order chi connectivity index (χ0) is 13.0. The van der Waals surface area contributed by atoms with Gasteiger partial charge < -0.3 is 10.4 Å². The highest BCUT2D eigenvalue weighted by Gasteiger charge is 2.24. The molecule has 0 radical (unpaired) electrons. The fraction of sp³-hybridized carbons (Fsp3) is 0.625. The molecule has 1 fully saturated rings. The molecule has 2 N–H and O–H groups in total. The van der Waals surface area contributed by atoms with Crippen LogP contribution in [-0.2, 0) is 13.2 Å². The number of hydrogen-bond acceptors (Lipinski definition) is 2. The Labute approximate surface area is 110 Å². The maximum atomic E-state index is 9.13. The lowest BCUT2D eigenvalue weighted by molar-refractivity contribution is 0.227. The van der Waals surface area contributed by atoms with Gasteiger partial charge in [0.25, 0.3) is 0 Å². The summed E-state index contributed by atoms with van der Waals surface area (Å²) in [5.74, 6) is 1.66. The molecule has 1 aliphatic carbocycles. The Balaban J connectivity index is 1.87. The van der Waals surface area contributed by atoms with E-state index in [4.69, 9.17) is 5.11 Å². The van der Waals surface area contributed by atoms with Gasteiger partial charge in [-0.15, -0.1) is 0 Å². The number of benzene rings is 1. The molecule has 0 heterocycles. The minimum absolute atomic E-state index is 0.130. The van der Waals surface area contributed by atoms with Gasteiger partial charge in [0, 0.05) is 12.6 Å². The lowest BCUT2D eigenvalue weighted by Gasteiger charge is -2.33. The Morgan fingerprint density at radius 2 is 2.00 bits per heavy atom. The number of nitrogens with one attached hydrogen (secondary N) is 1. The van der Waals surface area contributed by atoms with Gasteiger partial charge in [-0.05, 0) is 42.2 Å². The fourth-order valence-corrected chi connectivity index (χ4v) is 3.06. The van der Waals surface area contributed by atoms with Gasteiger partial charge in [0.15, 0.2) is 0 Å². The van der Waals surface area contributed by atoms with E-state index >= 15 is 0 Å². The Kier molecular flexibility index (Phi) is 4.79. The van der Waals surface area contributed by atoms with E-state index in [1.807, 2.05) is 12.1 Å². The van der Waals surface area contributed by atoms with E-state index in [2.05, 4.69) is 31.3 Å². The topological polar surface area (TPSA) is 32.3 Å². The lowest BCUT2D eigenvalue weighted by Crippen LogP contribution is -2.38. The third kappa shape index (κ3) is 3.56. The van der Waals surface area contributed by atoms with E-state index in [1.54, 1.807) is 0 Å². The smallest absolute Gasteiger partial charge is 0.0681 e. The minimum Gasteiger partial charge on any atom is -0.392 e. The van der Waals surface area contributed by atoms with Crippen molar-refractivity contribution in [2.45, 2.75) is 52.3 Å². The van der Waals surface area contributed by atoms with E-state index < -0.39 is 0 Å². The predicted octanol–water partition coefficient (Wildman–Crippen LogP) is 3.09. The second-order valence-corrected chi connectivity index (χ2v) is 5.86. The molecule has 0 aromatic heterocycles. The molecule has 0 amide bonds. The Morgan fingerprint density at radius 1 is 1.22 bits per heavy atom. The molecule has 0 spiro atoms. The van der Waals surface area contributed by atoms with E-state index in [-0.39, 0.29) is 6.61 Å². The number of aliphatic hydroxyl groups is 1. The van der Waals surface area contributed by atoms with Crippen LogP contribution in [0.15, 0.2) is 24.3 Å². The van der Waals surface area contributed by atoms with Crippen molar-refractivity contribution >= 4 is 0 Å². The van der Waals surface area contributed by atoms with Crippen LogP contribution in [-0.4, -0.2) is 11.1 Å². The molecule has 2 nitrogen and oxygen atoms in total. The molecule has 2 heteroatoms. The van der Waals surface area contributed by atoms with Crippen LogP contribution in [0.2, 0.25) is 0 Å². The first-order valence-corrected chi connectivity index (χ1v) is 7.11. The van der Waals surface area contributed by atoms with E-state index in [0.29, 0.717) is 6.04 Å². The molecule has 0 saturated heterocycles. The Hall–Kier alpha value is -0.860. The van der Waals surface area contributed by atoms with Gasteiger partial charge in [-0.3, -0.25) is 0 Å². The molecule has 1 aromatic carbocycles. The van der Waals surface area contributed by atoms with Crippen molar-refractivity contribution in [2.75, 3.05) is 0 Å². The van der Waals surface area contributed by atoms with Crippen molar-refractivity contribution in [3.8, 4) is 0 Å². The van der Waals surface area contributed by atoms with Crippen LogP contribution >= 0.6 is 0 Å². The van der Waals surface area contributed by atoms with Crippen LogP contribution in [0.3, 0.4) is 0 Å². The highest BCUT2D eigenvalue weighted by Crippen LogP contribution is 2.28. The van der Waals surface area contributed by atoms with Crippen LogP contribution in [0.1, 0.15) is 44.2 Å². The summed E-state index contributed by atoms with van der Waals surface area (Å²) in [5, 5.41) is 12.8. The SMILES string of the molecule is CC1CCC(NCc2cccc(CO)c2)C(C)C1. The monoisotopic (exact) mass is 247 g/mol.